The molecule has 3 nitrogen and oxygen atoms in total. The summed E-state index contributed by atoms with van der Waals surface area (Å²) < 4.78 is 37.3. The molecule has 2 rings (SSSR count). The SMILES string of the molecule is Nc1nc2c(C(F)(F)F)cccc2[nH]1. The topological polar surface area (TPSA) is 54.7 Å². The van der Waals surface area contributed by atoms with Crippen molar-refractivity contribution >= 4 is 17.0 Å². The van der Waals surface area contributed by atoms with Crippen LogP contribution in [0.15, 0.2) is 18.2 Å². The predicted molar refractivity (Wildman–Crippen MR) is 45.5 cm³/mol. The molecule has 1 aromatic carbocycles. The third-order valence-corrected chi connectivity index (χ3v) is 1.84. The summed E-state index contributed by atoms with van der Waals surface area (Å²) in [6.07, 6.45) is -4.40. The van der Waals surface area contributed by atoms with Crippen LogP contribution in [0.3, 0.4) is 0 Å². The molecule has 14 heavy (non-hydrogen) atoms. The molecular formula is C8H6F3N3. The Balaban J connectivity index is 2.77. The number of H-pyrrole nitrogens is 1. The number of nitrogens with two attached hydrogens (primary N) is 1. The summed E-state index contributed by atoms with van der Waals surface area (Å²) in [7, 11) is 0. The molecule has 6 heteroatoms. The molecule has 0 saturated heterocycles. The van der Waals surface area contributed by atoms with Gasteiger partial charge in [0.15, 0.2) is 5.95 Å². The quantitative estimate of drug-likeness (QED) is 0.686. The van der Waals surface area contributed by atoms with Crippen LogP contribution in [0.5, 0.6) is 0 Å². The van der Waals surface area contributed by atoms with Gasteiger partial charge in [0.2, 0.25) is 0 Å². The largest absolute Gasteiger partial charge is 0.418 e. The van der Waals surface area contributed by atoms with E-state index in [2.05, 4.69) is 9.97 Å². The number of para-hydroxylation sites is 1. The van der Waals surface area contributed by atoms with Crippen molar-refractivity contribution in [2.75, 3.05) is 5.73 Å². The molecule has 0 aliphatic heterocycles. The van der Waals surface area contributed by atoms with Crippen LogP contribution in [-0.4, -0.2) is 9.97 Å². The van der Waals surface area contributed by atoms with E-state index in [0.717, 1.165) is 6.07 Å². The van der Waals surface area contributed by atoms with Gasteiger partial charge >= 0.3 is 6.18 Å². The summed E-state index contributed by atoms with van der Waals surface area (Å²) in [5, 5.41) is 0. The Morgan fingerprint density at radius 2 is 2.00 bits per heavy atom. The van der Waals surface area contributed by atoms with Gasteiger partial charge in [0.1, 0.15) is 5.52 Å². The first kappa shape index (κ1) is 8.86. The van der Waals surface area contributed by atoms with Crippen LogP contribution < -0.4 is 5.73 Å². The number of nitrogens with zero attached hydrogens (tertiary/aromatic N) is 1. The van der Waals surface area contributed by atoms with Gasteiger partial charge in [-0.2, -0.15) is 13.2 Å². The summed E-state index contributed by atoms with van der Waals surface area (Å²) in [4.78, 5) is 6.12. The molecule has 0 atom stereocenters. The molecule has 0 unspecified atom stereocenters. The van der Waals surface area contributed by atoms with Crippen molar-refractivity contribution in [2.24, 2.45) is 0 Å². The van der Waals surface area contributed by atoms with E-state index >= 15 is 0 Å². The molecule has 74 valence electrons. The van der Waals surface area contributed by atoms with Gasteiger partial charge in [0.05, 0.1) is 11.1 Å². The molecule has 3 N–H and O–H groups in total. The number of nitrogen functional groups attached to an aromatic ring is 1. The highest BCUT2D eigenvalue weighted by Crippen LogP contribution is 2.33. The third-order valence-electron chi connectivity index (χ3n) is 1.84. The van der Waals surface area contributed by atoms with E-state index in [-0.39, 0.29) is 17.0 Å². The van der Waals surface area contributed by atoms with Gasteiger partial charge in [-0.1, -0.05) is 6.07 Å². The Hall–Kier alpha value is -1.72. The van der Waals surface area contributed by atoms with E-state index < -0.39 is 11.7 Å². The highest BCUT2D eigenvalue weighted by molar-refractivity contribution is 5.81. The fourth-order valence-electron chi connectivity index (χ4n) is 1.28. The first-order chi connectivity index (χ1) is 6.48. The van der Waals surface area contributed by atoms with Crippen LogP contribution in [0.25, 0.3) is 11.0 Å². The van der Waals surface area contributed by atoms with Crippen LogP contribution >= 0.6 is 0 Å². The molecule has 0 aliphatic rings. The smallest absolute Gasteiger partial charge is 0.369 e. The number of halogens is 3. The number of fused-ring (bicyclic) bond motifs is 1. The van der Waals surface area contributed by atoms with Gasteiger partial charge < -0.3 is 10.7 Å². The molecule has 0 saturated carbocycles. The Morgan fingerprint density at radius 3 is 2.64 bits per heavy atom. The molecule has 0 bridgehead atoms. The second kappa shape index (κ2) is 2.63. The van der Waals surface area contributed by atoms with E-state index in [1.165, 1.54) is 12.1 Å². The van der Waals surface area contributed by atoms with Gasteiger partial charge in [-0.15, -0.1) is 0 Å². The average molecular weight is 201 g/mol. The zero-order valence-corrected chi connectivity index (χ0v) is 6.89. The molecule has 0 amide bonds. The zero-order chi connectivity index (χ0) is 10.3. The first-order valence-corrected chi connectivity index (χ1v) is 3.80. The Morgan fingerprint density at radius 1 is 1.29 bits per heavy atom. The number of nitrogens with one attached hydrogen (secondary N) is 1. The molecule has 0 aliphatic carbocycles. The molecule has 0 radical (unpaired) electrons. The minimum Gasteiger partial charge on any atom is -0.369 e. The summed E-state index contributed by atoms with van der Waals surface area (Å²) in [5.41, 5.74) is 4.64. The van der Waals surface area contributed by atoms with Crippen LogP contribution in [0, 0.1) is 0 Å². The van der Waals surface area contributed by atoms with Gasteiger partial charge in [-0.25, -0.2) is 4.98 Å². The number of aromatic amines is 1. The fourth-order valence-corrected chi connectivity index (χ4v) is 1.28. The molecule has 0 fully saturated rings. The van der Waals surface area contributed by atoms with E-state index in [0.29, 0.717) is 0 Å². The molecule has 1 heterocycles. The third kappa shape index (κ3) is 1.28. The lowest BCUT2D eigenvalue weighted by Gasteiger charge is -2.05. The van der Waals surface area contributed by atoms with E-state index in [9.17, 15) is 13.2 Å². The van der Waals surface area contributed by atoms with Crippen molar-refractivity contribution < 1.29 is 13.2 Å². The predicted octanol–water partition coefficient (Wildman–Crippen LogP) is 2.16. The van der Waals surface area contributed by atoms with E-state index in [4.69, 9.17) is 5.73 Å². The normalized spacial score (nSPS) is 12.2. The standard InChI is InChI=1S/C8H6F3N3/c9-8(10,11)4-2-1-3-5-6(4)14-7(12)13-5/h1-3H,(H3,12,13,14). The number of benzene rings is 1. The maximum atomic E-state index is 12.4. The van der Waals surface area contributed by atoms with Gasteiger partial charge in [0, 0.05) is 0 Å². The van der Waals surface area contributed by atoms with Gasteiger partial charge in [-0.3, -0.25) is 0 Å². The van der Waals surface area contributed by atoms with E-state index in [1.807, 2.05) is 0 Å². The lowest BCUT2D eigenvalue weighted by molar-refractivity contribution is -0.136. The molecule has 2 aromatic rings. The first-order valence-electron chi connectivity index (χ1n) is 3.80. The lowest BCUT2D eigenvalue weighted by atomic mass is 10.2. The Bertz CT molecular complexity index is 472. The summed E-state index contributed by atoms with van der Waals surface area (Å²) in [6, 6.07) is 3.78. The highest BCUT2D eigenvalue weighted by Gasteiger charge is 2.33. The van der Waals surface area contributed by atoms with Gasteiger partial charge in [0.25, 0.3) is 0 Å². The number of anilines is 1. The minimum atomic E-state index is -4.40. The number of hydrogen-bond donors (Lipinski definition) is 2. The zero-order valence-electron chi connectivity index (χ0n) is 6.89. The Labute approximate surface area is 76.7 Å². The maximum Gasteiger partial charge on any atom is 0.418 e. The van der Waals surface area contributed by atoms with Gasteiger partial charge in [-0.05, 0) is 12.1 Å². The monoisotopic (exact) mass is 201 g/mol. The van der Waals surface area contributed by atoms with Crippen LogP contribution in [0.4, 0.5) is 19.1 Å². The summed E-state index contributed by atoms with van der Waals surface area (Å²) in [6.45, 7) is 0. The number of imidazole rings is 1. The summed E-state index contributed by atoms with van der Waals surface area (Å²) >= 11 is 0. The van der Waals surface area contributed by atoms with Crippen molar-refractivity contribution in [1.82, 2.24) is 9.97 Å². The van der Waals surface area contributed by atoms with E-state index in [1.54, 1.807) is 0 Å². The Kier molecular flexibility index (Phi) is 1.67. The number of rotatable bonds is 0. The number of alkyl halides is 3. The average Bonchev–Trinajstić information content (AvgIpc) is 2.41. The number of aromatic nitrogens is 2. The van der Waals surface area contributed by atoms with Crippen molar-refractivity contribution in [1.29, 1.82) is 0 Å². The van der Waals surface area contributed by atoms with Crippen molar-refractivity contribution in [3.05, 3.63) is 23.8 Å². The van der Waals surface area contributed by atoms with Crippen molar-refractivity contribution in [2.45, 2.75) is 6.18 Å². The maximum absolute atomic E-state index is 12.4. The summed E-state index contributed by atoms with van der Waals surface area (Å²) in [5.74, 6) is -0.0169. The minimum absolute atomic E-state index is 0.0169. The van der Waals surface area contributed by atoms with Crippen LogP contribution in [0.1, 0.15) is 5.56 Å². The van der Waals surface area contributed by atoms with Crippen LogP contribution in [0.2, 0.25) is 0 Å². The fraction of sp³-hybridized carbons (Fsp3) is 0.125. The molecule has 0 spiro atoms. The highest BCUT2D eigenvalue weighted by atomic mass is 19.4. The van der Waals surface area contributed by atoms with Crippen molar-refractivity contribution in [3.8, 4) is 0 Å². The van der Waals surface area contributed by atoms with Crippen LogP contribution in [-0.2, 0) is 6.18 Å². The van der Waals surface area contributed by atoms with Crippen molar-refractivity contribution in [3.63, 3.8) is 0 Å². The molecule has 1 aromatic heterocycles. The second-order valence-electron chi connectivity index (χ2n) is 2.82. The molecular weight excluding hydrogens is 195 g/mol. The number of hydrogen-bond acceptors (Lipinski definition) is 2. The second-order valence-corrected chi connectivity index (χ2v) is 2.82. The lowest BCUT2D eigenvalue weighted by Crippen LogP contribution is -2.05.